The summed E-state index contributed by atoms with van der Waals surface area (Å²) < 4.78 is 6.75. The van der Waals surface area contributed by atoms with Crippen molar-refractivity contribution in [3.8, 4) is 0 Å². The molecule has 0 amide bonds. The number of furan rings is 1. The summed E-state index contributed by atoms with van der Waals surface area (Å²) in [5.74, 6) is 0.618. The van der Waals surface area contributed by atoms with Crippen LogP contribution in [-0.4, -0.2) is 0 Å². The van der Waals surface area contributed by atoms with Crippen molar-refractivity contribution in [3.63, 3.8) is 0 Å². The molecule has 2 aromatic heterocycles. The molecule has 1 atom stereocenters. The smallest absolute Gasteiger partial charge is 0.193 e. The number of rotatable bonds is 2. The molecule has 80 valence electrons. The van der Waals surface area contributed by atoms with Crippen LogP contribution in [0.1, 0.15) is 16.0 Å². The molecule has 0 saturated heterocycles. The van der Waals surface area contributed by atoms with Gasteiger partial charge in [-0.1, -0.05) is 11.6 Å². The van der Waals surface area contributed by atoms with Gasteiger partial charge in [-0.2, -0.15) is 0 Å². The largest absolute Gasteiger partial charge is 0.448 e. The lowest BCUT2D eigenvalue weighted by Gasteiger charge is -2.01. The molecule has 0 aromatic carbocycles. The highest BCUT2D eigenvalue weighted by atomic mass is 79.9. The fourth-order valence-corrected chi connectivity index (χ4v) is 3.28. The SMILES string of the molecule is Clc1ccc(C(Cl)c2cc(Br)c(Cl)s2)o1. The Morgan fingerprint density at radius 2 is 2.07 bits per heavy atom. The fourth-order valence-electron chi connectivity index (χ4n) is 1.09. The predicted molar refractivity (Wildman–Crippen MR) is 68.4 cm³/mol. The summed E-state index contributed by atoms with van der Waals surface area (Å²) in [5.41, 5.74) is 0. The highest BCUT2D eigenvalue weighted by Crippen LogP contribution is 2.40. The Labute approximate surface area is 114 Å². The Bertz CT molecular complexity index is 460. The van der Waals surface area contributed by atoms with Crippen molar-refractivity contribution in [2.75, 3.05) is 0 Å². The first-order valence-corrected chi connectivity index (χ1v) is 6.72. The van der Waals surface area contributed by atoms with E-state index in [2.05, 4.69) is 15.9 Å². The minimum absolute atomic E-state index is 0.331. The van der Waals surface area contributed by atoms with Crippen molar-refractivity contribution in [3.05, 3.63) is 42.9 Å². The van der Waals surface area contributed by atoms with Crippen molar-refractivity contribution < 1.29 is 4.42 Å². The number of alkyl halides is 1. The van der Waals surface area contributed by atoms with Crippen LogP contribution in [-0.2, 0) is 0 Å². The average molecular weight is 346 g/mol. The molecule has 1 unspecified atom stereocenters. The van der Waals surface area contributed by atoms with Crippen LogP contribution < -0.4 is 0 Å². The minimum atomic E-state index is -0.355. The maximum atomic E-state index is 6.21. The van der Waals surface area contributed by atoms with E-state index in [1.165, 1.54) is 11.3 Å². The second-order valence-electron chi connectivity index (χ2n) is 2.77. The molecule has 0 fully saturated rings. The second kappa shape index (κ2) is 4.68. The molecule has 2 rings (SSSR count). The Morgan fingerprint density at radius 1 is 1.33 bits per heavy atom. The molecule has 2 aromatic rings. The number of halogens is 4. The van der Waals surface area contributed by atoms with E-state index in [9.17, 15) is 0 Å². The molecule has 0 aliphatic heterocycles. The van der Waals surface area contributed by atoms with Gasteiger partial charge in [0.2, 0.25) is 0 Å². The molecule has 15 heavy (non-hydrogen) atoms. The average Bonchev–Trinajstić information content (AvgIpc) is 2.74. The zero-order valence-electron chi connectivity index (χ0n) is 7.14. The van der Waals surface area contributed by atoms with Gasteiger partial charge in [0.25, 0.3) is 0 Å². The van der Waals surface area contributed by atoms with Crippen molar-refractivity contribution in [2.24, 2.45) is 0 Å². The fraction of sp³-hybridized carbons (Fsp3) is 0.111. The standard InChI is InChI=1S/C9H4BrCl3OS/c10-4-3-6(15-9(4)13)8(12)5-1-2-7(11)14-5/h1-3,8H. The van der Waals surface area contributed by atoms with Gasteiger partial charge in [-0.3, -0.25) is 0 Å². The van der Waals surface area contributed by atoms with Crippen LogP contribution in [0.25, 0.3) is 0 Å². The Hall–Kier alpha value is 0.330. The van der Waals surface area contributed by atoms with Gasteiger partial charge in [0, 0.05) is 9.35 Å². The van der Waals surface area contributed by atoms with Gasteiger partial charge >= 0.3 is 0 Å². The Kier molecular flexibility index (Phi) is 3.68. The molecule has 0 aliphatic carbocycles. The zero-order chi connectivity index (χ0) is 11.0. The maximum absolute atomic E-state index is 6.21. The van der Waals surface area contributed by atoms with Crippen LogP contribution in [0.2, 0.25) is 9.56 Å². The monoisotopic (exact) mass is 344 g/mol. The first-order chi connectivity index (χ1) is 7.08. The summed E-state index contributed by atoms with van der Waals surface area (Å²) in [4.78, 5) is 0.916. The van der Waals surface area contributed by atoms with Gasteiger partial charge in [0.15, 0.2) is 5.22 Å². The summed E-state index contributed by atoms with van der Waals surface area (Å²) in [6, 6.07) is 5.29. The summed E-state index contributed by atoms with van der Waals surface area (Å²) >= 11 is 22.5. The van der Waals surface area contributed by atoms with Crippen LogP contribution in [0, 0.1) is 0 Å². The molecular weight excluding hydrogens is 342 g/mol. The molecule has 0 saturated carbocycles. The van der Waals surface area contributed by atoms with Crippen LogP contribution in [0.15, 0.2) is 27.1 Å². The molecule has 6 heteroatoms. The van der Waals surface area contributed by atoms with Crippen molar-refractivity contribution in [2.45, 2.75) is 5.38 Å². The highest BCUT2D eigenvalue weighted by Gasteiger charge is 2.18. The predicted octanol–water partition coefficient (Wildman–Crippen LogP) is 5.74. The second-order valence-corrected chi connectivity index (χ2v) is 6.12. The first-order valence-electron chi connectivity index (χ1n) is 3.92. The van der Waals surface area contributed by atoms with Gasteiger partial charge in [-0.05, 0) is 45.7 Å². The summed E-state index contributed by atoms with van der Waals surface area (Å²) in [7, 11) is 0. The van der Waals surface area contributed by atoms with Crippen molar-refractivity contribution in [1.82, 2.24) is 0 Å². The van der Waals surface area contributed by atoms with E-state index in [-0.39, 0.29) is 5.38 Å². The van der Waals surface area contributed by atoms with E-state index < -0.39 is 0 Å². The maximum Gasteiger partial charge on any atom is 0.193 e. The number of thiophene rings is 1. The lowest BCUT2D eigenvalue weighted by molar-refractivity contribution is 0.519. The van der Waals surface area contributed by atoms with Gasteiger partial charge in [0.1, 0.15) is 15.5 Å². The van der Waals surface area contributed by atoms with E-state index in [4.69, 9.17) is 39.2 Å². The van der Waals surface area contributed by atoms with Crippen LogP contribution in [0.3, 0.4) is 0 Å². The lowest BCUT2D eigenvalue weighted by Crippen LogP contribution is -1.85. The molecule has 2 heterocycles. The zero-order valence-corrected chi connectivity index (χ0v) is 11.8. The molecule has 0 spiro atoms. The van der Waals surface area contributed by atoms with E-state index in [0.717, 1.165) is 9.35 Å². The summed E-state index contributed by atoms with van der Waals surface area (Å²) in [6.07, 6.45) is 0. The van der Waals surface area contributed by atoms with E-state index in [0.29, 0.717) is 15.3 Å². The van der Waals surface area contributed by atoms with E-state index in [1.54, 1.807) is 12.1 Å². The van der Waals surface area contributed by atoms with Crippen molar-refractivity contribution >= 4 is 62.1 Å². The van der Waals surface area contributed by atoms with Crippen LogP contribution in [0.5, 0.6) is 0 Å². The molecule has 0 aliphatic rings. The molecule has 1 nitrogen and oxygen atoms in total. The van der Waals surface area contributed by atoms with Gasteiger partial charge < -0.3 is 4.42 Å². The molecule has 0 bridgehead atoms. The van der Waals surface area contributed by atoms with Gasteiger partial charge in [0.05, 0.1) is 0 Å². The topological polar surface area (TPSA) is 13.1 Å². The molecular formula is C9H4BrCl3OS. The number of hydrogen-bond acceptors (Lipinski definition) is 2. The quantitative estimate of drug-likeness (QED) is 0.632. The van der Waals surface area contributed by atoms with Crippen molar-refractivity contribution in [1.29, 1.82) is 0 Å². The van der Waals surface area contributed by atoms with Gasteiger partial charge in [-0.15, -0.1) is 22.9 Å². The van der Waals surface area contributed by atoms with E-state index in [1.807, 2.05) is 6.07 Å². The third-order valence-corrected chi connectivity index (χ3v) is 5.08. The first kappa shape index (κ1) is 11.8. The third-order valence-electron chi connectivity index (χ3n) is 1.76. The van der Waals surface area contributed by atoms with Crippen LogP contribution >= 0.6 is 62.1 Å². The Morgan fingerprint density at radius 3 is 2.53 bits per heavy atom. The summed E-state index contributed by atoms with van der Waals surface area (Å²) in [5, 5.41) is -0.0244. The van der Waals surface area contributed by atoms with E-state index >= 15 is 0 Å². The Balaban J connectivity index is 2.31. The third kappa shape index (κ3) is 2.53. The van der Waals surface area contributed by atoms with Crippen LogP contribution in [0.4, 0.5) is 0 Å². The molecule has 0 N–H and O–H groups in total. The molecule has 0 radical (unpaired) electrons. The highest BCUT2D eigenvalue weighted by molar-refractivity contribution is 9.10. The lowest BCUT2D eigenvalue weighted by atomic mass is 10.3. The minimum Gasteiger partial charge on any atom is -0.448 e. The van der Waals surface area contributed by atoms with Gasteiger partial charge in [-0.25, -0.2) is 0 Å². The summed E-state index contributed by atoms with van der Waals surface area (Å²) in [6.45, 7) is 0. The number of hydrogen-bond donors (Lipinski definition) is 0. The normalized spacial score (nSPS) is 13.1.